The van der Waals surface area contributed by atoms with E-state index in [0.29, 0.717) is 23.9 Å². The Morgan fingerprint density at radius 1 is 1.47 bits per heavy atom. The lowest BCUT2D eigenvalue weighted by Gasteiger charge is -2.10. The molecule has 0 spiro atoms. The number of hydrogen-bond donors (Lipinski definition) is 1. The maximum absolute atomic E-state index is 6.02. The largest absolute Gasteiger partial charge is 0.488 e. The molecule has 0 fully saturated rings. The summed E-state index contributed by atoms with van der Waals surface area (Å²) in [4.78, 5) is 0. The fourth-order valence-corrected chi connectivity index (χ4v) is 1.42. The van der Waals surface area contributed by atoms with Gasteiger partial charge in [0.2, 0.25) is 0 Å². The second-order valence-electron chi connectivity index (χ2n) is 3.52. The zero-order valence-corrected chi connectivity index (χ0v) is 9.84. The Morgan fingerprint density at radius 2 is 2.20 bits per heavy atom. The van der Waals surface area contributed by atoms with Gasteiger partial charge in [0, 0.05) is 12.1 Å². The third-order valence-electron chi connectivity index (χ3n) is 1.99. The van der Waals surface area contributed by atoms with E-state index in [1.807, 2.05) is 32.1 Å². The topological polar surface area (TPSA) is 35.2 Å². The highest BCUT2D eigenvalue weighted by molar-refractivity contribution is 6.32. The van der Waals surface area contributed by atoms with Gasteiger partial charge in [-0.25, -0.2) is 0 Å². The van der Waals surface area contributed by atoms with Crippen LogP contribution in [0.4, 0.5) is 0 Å². The number of nitrogens with two attached hydrogens (primary N) is 1. The monoisotopic (exact) mass is 225 g/mol. The minimum atomic E-state index is 0.435. The molecule has 0 saturated carbocycles. The van der Waals surface area contributed by atoms with Crippen molar-refractivity contribution in [2.75, 3.05) is 6.61 Å². The van der Waals surface area contributed by atoms with Gasteiger partial charge in [-0.05, 0) is 26.0 Å². The number of benzene rings is 1. The van der Waals surface area contributed by atoms with Crippen molar-refractivity contribution in [3.05, 3.63) is 40.4 Å². The minimum Gasteiger partial charge on any atom is -0.488 e. The van der Waals surface area contributed by atoms with Gasteiger partial charge in [-0.3, -0.25) is 0 Å². The van der Waals surface area contributed by atoms with Crippen molar-refractivity contribution in [3.63, 3.8) is 0 Å². The first-order chi connectivity index (χ1) is 7.15. The van der Waals surface area contributed by atoms with Crippen LogP contribution < -0.4 is 10.5 Å². The molecule has 0 saturated heterocycles. The van der Waals surface area contributed by atoms with Crippen LogP contribution in [0.1, 0.15) is 19.4 Å². The van der Waals surface area contributed by atoms with Crippen LogP contribution in [-0.2, 0) is 6.54 Å². The van der Waals surface area contributed by atoms with E-state index >= 15 is 0 Å². The zero-order chi connectivity index (χ0) is 11.3. The van der Waals surface area contributed by atoms with E-state index in [9.17, 15) is 0 Å². The molecule has 0 amide bonds. The van der Waals surface area contributed by atoms with Crippen LogP contribution in [0.5, 0.6) is 5.75 Å². The van der Waals surface area contributed by atoms with Gasteiger partial charge in [-0.2, -0.15) is 0 Å². The Balaban J connectivity index is 2.79. The molecular formula is C12H16ClNO. The van der Waals surface area contributed by atoms with Crippen molar-refractivity contribution < 1.29 is 4.74 Å². The van der Waals surface area contributed by atoms with E-state index in [1.165, 1.54) is 5.57 Å². The summed E-state index contributed by atoms with van der Waals surface area (Å²) in [5, 5.41) is 0.611. The molecule has 0 unspecified atom stereocenters. The SMILES string of the molecule is CC(C)=CCOc1c(Cl)cccc1CN. The summed E-state index contributed by atoms with van der Waals surface area (Å²) in [6.07, 6.45) is 2.00. The van der Waals surface area contributed by atoms with Crippen molar-refractivity contribution in [2.24, 2.45) is 5.73 Å². The smallest absolute Gasteiger partial charge is 0.142 e. The first kappa shape index (κ1) is 12.1. The van der Waals surface area contributed by atoms with Gasteiger partial charge in [0.05, 0.1) is 5.02 Å². The molecule has 0 aliphatic heterocycles. The van der Waals surface area contributed by atoms with E-state index < -0.39 is 0 Å². The third kappa shape index (κ3) is 3.57. The van der Waals surface area contributed by atoms with Crippen LogP contribution in [0.15, 0.2) is 29.8 Å². The van der Waals surface area contributed by atoms with E-state index in [1.54, 1.807) is 6.07 Å². The van der Waals surface area contributed by atoms with Gasteiger partial charge in [0.15, 0.2) is 0 Å². The van der Waals surface area contributed by atoms with E-state index in [0.717, 1.165) is 5.56 Å². The van der Waals surface area contributed by atoms with E-state index in [4.69, 9.17) is 22.1 Å². The molecule has 82 valence electrons. The lowest BCUT2D eigenvalue weighted by molar-refractivity contribution is 0.358. The first-order valence-corrected chi connectivity index (χ1v) is 5.26. The first-order valence-electron chi connectivity index (χ1n) is 4.88. The summed E-state index contributed by atoms with van der Waals surface area (Å²) in [6.45, 7) is 5.02. The molecule has 2 N–H and O–H groups in total. The number of ether oxygens (including phenoxy) is 1. The van der Waals surface area contributed by atoms with Crippen molar-refractivity contribution >= 4 is 11.6 Å². The van der Waals surface area contributed by atoms with E-state index in [-0.39, 0.29) is 0 Å². The van der Waals surface area contributed by atoms with Crippen LogP contribution >= 0.6 is 11.6 Å². The van der Waals surface area contributed by atoms with Crippen LogP contribution in [0.3, 0.4) is 0 Å². The molecule has 15 heavy (non-hydrogen) atoms. The van der Waals surface area contributed by atoms with Gasteiger partial charge in [-0.1, -0.05) is 29.3 Å². The van der Waals surface area contributed by atoms with Crippen LogP contribution in [-0.4, -0.2) is 6.61 Å². The van der Waals surface area contributed by atoms with E-state index in [2.05, 4.69) is 0 Å². The number of allylic oxidation sites excluding steroid dienone is 1. The van der Waals surface area contributed by atoms with Gasteiger partial charge < -0.3 is 10.5 Å². The Morgan fingerprint density at radius 3 is 2.80 bits per heavy atom. The molecule has 3 heteroatoms. The molecule has 2 nitrogen and oxygen atoms in total. The summed E-state index contributed by atoms with van der Waals surface area (Å²) in [5.74, 6) is 0.694. The summed E-state index contributed by atoms with van der Waals surface area (Å²) >= 11 is 6.02. The molecule has 0 aromatic heterocycles. The predicted octanol–water partition coefficient (Wildman–Crippen LogP) is 3.14. The van der Waals surface area contributed by atoms with Crippen molar-refractivity contribution in [1.82, 2.24) is 0 Å². The Kier molecular flexibility index (Phi) is 4.66. The number of para-hydroxylation sites is 1. The maximum Gasteiger partial charge on any atom is 0.142 e. The van der Waals surface area contributed by atoms with Gasteiger partial charge in [0.25, 0.3) is 0 Å². The van der Waals surface area contributed by atoms with Gasteiger partial charge >= 0.3 is 0 Å². The van der Waals surface area contributed by atoms with Gasteiger partial charge in [-0.15, -0.1) is 0 Å². The predicted molar refractivity (Wildman–Crippen MR) is 64.3 cm³/mol. The summed E-state index contributed by atoms with van der Waals surface area (Å²) in [6, 6.07) is 5.60. The summed E-state index contributed by atoms with van der Waals surface area (Å²) in [7, 11) is 0. The lowest BCUT2D eigenvalue weighted by atomic mass is 10.2. The molecule has 0 bridgehead atoms. The molecule has 1 aromatic rings. The van der Waals surface area contributed by atoms with Crippen LogP contribution in [0, 0.1) is 0 Å². The minimum absolute atomic E-state index is 0.435. The molecule has 1 aromatic carbocycles. The highest BCUT2D eigenvalue weighted by Crippen LogP contribution is 2.28. The molecule has 0 aliphatic carbocycles. The molecule has 1 rings (SSSR count). The second-order valence-corrected chi connectivity index (χ2v) is 3.93. The number of halogens is 1. The highest BCUT2D eigenvalue weighted by Gasteiger charge is 2.05. The average Bonchev–Trinajstić information content (AvgIpc) is 2.20. The molecule has 0 aliphatic rings. The molecular weight excluding hydrogens is 210 g/mol. The zero-order valence-electron chi connectivity index (χ0n) is 9.09. The van der Waals surface area contributed by atoms with Crippen LogP contribution in [0.2, 0.25) is 5.02 Å². The van der Waals surface area contributed by atoms with Gasteiger partial charge in [0.1, 0.15) is 12.4 Å². The summed E-state index contributed by atoms with van der Waals surface area (Å²) in [5.41, 5.74) is 7.75. The fraction of sp³-hybridized carbons (Fsp3) is 0.333. The Hall–Kier alpha value is -0.990. The fourth-order valence-electron chi connectivity index (χ4n) is 1.17. The Bertz CT molecular complexity index is 357. The maximum atomic E-state index is 6.02. The molecule has 0 heterocycles. The summed E-state index contributed by atoms with van der Waals surface area (Å²) < 4.78 is 5.58. The Labute approximate surface area is 95.7 Å². The van der Waals surface area contributed by atoms with Crippen LogP contribution in [0.25, 0.3) is 0 Å². The quantitative estimate of drug-likeness (QED) is 0.799. The number of hydrogen-bond acceptors (Lipinski definition) is 2. The lowest BCUT2D eigenvalue weighted by Crippen LogP contribution is -2.03. The highest BCUT2D eigenvalue weighted by atomic mass is 35.5. The molecule has 0 atom stereocenters. The average molecular weight is 226 g/mol. The van der Waals surface area contributed by atoms with Crippen molar-refractivity contribution in [1.29, 1.82) is 0 Å². The number of rotatable bonds is 4. The third-order valence-corrected chi connectivity index (χ3v) is 2.29. The second kappa shape index (κ2) is 5.79. The van der Waals surface area contributed by atoms with Crippen molar-refractivity contribution in [2.45, 2.75) is 20.4 Å². The molecule has 0 radical (unpaired) electrons. The van der Waals surface area contributed by atoms with Crippen molar-refractivity contribution in [3.8, 4) is 5.75 Å². The normalized spacial score (nSPS) is 9.87. The standard InChI is InChI=1S/C12H16ClNO/c1-9(2)6-7-15-12-10(8-14)4-3-5-11(12)13/h3-6H,7-8,14H2,1-2H3.